The summed E-state index contributed by atoms with van der Waals surface area (Å²) in [6, 6.07) is 16.4. The maximum absolute atomic E-state index is 12.8. The largest absolute Gasteiger partial charge is 0.457 e. The van der Waals surface area contributed by atoms with E-state index in [1.807, 2.05) is 30.3 Å². The van der Waals surface area contributed by atoms with Crippen molar-refractivity contribution >= 4 is 32.6 Å². The number of thiazole rings is 1. The zero-order valence-corrected chi connectivity index (χ0v) is 15.4. The van der Waals surface area contributed by atoms with E-state index in [9.17, 15) is 18.0 Å². The van der Waals surface area contributed by atoms with Gasteiger partial charge in [-0.1, -0.05) is 29.5 Å². The number of carbonyl (C=O) groups excluding carboxylic acids is 1. The fourth-order valence-corrected chi connectivity index (χ4v) is 3.43. The van der Waals surface area contributed by atoms with Crippen molar-refractivity contribution in [3.05, 3.63) is 78.1 Å². The first kappa shape index (κ1) is 18.9. The number of amides is 1. The first-order valence-corrected chi connectivity index (χ1v) is 9.18. The SMILES string of the molecule is O=C(Nc1nc2ccc(Oc3ccccc3)cc2s1)c1ccnc(C(F)(F)F)c1. The predicted molar refractivity (Wildman–Crippen MR) is 103 cm³/mol. The molecule has 0 bridgehead atoms. The topological polar surface area (TPSA) is 64.1 Å². The molecule has 9 heteroatoms. The molecule has 1 amide bonds. The van der Waals surface area contributed by atoms with Gasteiger partial charge in [0.15, 0.2) is 5.13 Å². The van der Waals surface area contributed by atoms with Gasteiger partial charge in [0.05, 0.1) is 10.2 Å². The Balaban J connectivity index is 1.53. The van der Waals surface area contributed by atoms with Crippen molar-refractivity contribution in [2.75, 3.05) is 5.32 Å². The quantitative estimate of drug-likeness (QED) is 0.461. The highest BCUT2D eigenvalue weighted by atomic mass is 32.1. The summed E-state index contributed by atoms with van der Waals surface area (Å²) in [7, 11) is 0. The molecule has 0 fully saturated rings. The second-order valence-electron chi connectivity index (χ2n) is 5.95. The molecule has 146 valence electrons. The van der Waals surface area contributed by atoms with Crippen LogP contribution in [0.4, 0.5) is 18.3 Å². The van der Waals surface area contributed by atoms with Crippen molar-refractivity contribution in [1.82, 2.24) is 9.97 Å². The van der Waals surface area contributed by atoms with Crippen LogP contribution in [0.2, 0.25) is 0 Å². The Bertz CT molecular complexity index is 1180. The number of nitrogens with one attached hydrogen (secondary N) is 1. The molecule has 0 aliphatic carbocycles. The fourth-order valence-electron chi connectivity index (χ4n) is 2.54. The minimum atomic E-state index is -4.62. The molecule has 2 aromatic carbocycles. The molecule has 0 radical (unpaired) electrons. The zero-order valence-electron chi connectivity index (χ0n) is 14.6. The second kappa shape index (κ2) is 7.51. The summed E-state index contributed by atoms with van der Waals surface area (Å²) in [6.45, 7) is 0. The Labute approximate surface area is 166 Å². The molecule has 0 saturated carbocycles. The van der Waals surface area contributed by atoms with Gasteiger partial charge in [-0.15, -0.1) is 0 Å². The number of nitrogens with zero attached hydrogens (tertiary/aromatic N) is 2. The van der Waals surface area contributed by atoms with Gasteiger partial charge in [-0.3, -0.25) is 15.1 Å². The lowest BCUT2D eigenvalue weighted by molar-refractivity contribution is -0.141. The molecule has 0 atom stereocenters. The molecule has 0 saturated heterocycles. The van der Waals surface area contributed by atoms with E-state index in [1.165, 1.54) is 17.4 Å². The van der Waals surface area contributed by atoms with Gasteiger partial charge in [0, 0.05) is 17.8 Å². The minimum absolute atomic E-state index is 0.153. The van der Waals surface area contributed by atoms with E-state index in [0.29, 0.717) is 23.1 Å². The number of alkyl halides is 3. The number of hydrogen-bond donors (Lipinski definition) is 1. The predicted octanol–water partition coefficient (Wildman–Crippen LogP) is 5.75. The molecule has 1 N–H and O–H groups in total. The van der Waals surface area contributed by atoms with Gasteiger partial charge >= 0.3 is 6.18 Å². The minimum Gasteiger partial charge on any atom is -0.457 e. The van der Waals surface area contributed by atoms with Gasteiger partial charge < -0.3 is 4.74 Å². The standard InChI is InChI=1S/C20H12F3N3O2S/c21-20(22,23)17-10-12(8-9-24-17)18(27)26-19-25-15-7-6-14(11-16(15)29-19)28-13-4-2-1-3-5-13/h1-11H,(H,25,26,27). The number of aromatic nitrogens is 2. The van der Waals surface area contributed by atoms with Crippen molar-refractivity contribution in [2.24, 2.45) is 0 Å². The van der Waals surface area contributed by atoms with Crippen molar-refractivity contribution in [2.45, 2.75) is 6.18 Å². The first-order valence-electron chi connectivity index (χ1n) is 8.36. The highest BCUT2D eigenvalue weighted by molar-refractivity contribution is 7.22. The summed E-state index contributed by atoms with van der Waals surface area (Å²) in [4.78, 5) is 19.9. The third-order valence-corrected chi connectivity index (χ3v) is 4.81. The molecule has 2 aromatic heterocycles. The molecule has 0 unspecified atom stereocenters. The molecule has 0 spiro atoms. The second-order valence-corrected chi connectivity index (χ2v) is 6.98. The van der Waals surface area contributed by atoms with Crippen LogP contribution in [0.25, 0.3) is 10.2 Å². The first-order chi connectivity index (χ1) is 13.9. The number of benzene rings is 2. The van der Waals surface area contributed by atoms with Gasteiger partial charge in [-0.25, -0.2) is 4.98 Å². The summed E-state index contributed by atoms with van der Waals surface area (Å²) in [5, 5.41) is 2.80. The highest BCUT2D eigenvalue weighted by Crippen LogP contribution is 2.32. The van der Waals surface area contributed by atoms with Crippen LogP contribution in [-0.4, -0.2) is 15.9 Å². The number of para-hydroxylation sites is 1. The van der Waals surface area contributed by atoms with Crippen LogP contribution in [0.3, 0.4) is 0 Å². The molecule has 0 aliphatic rings. The number of hydrogen-bond acceptors (Lipinski definition) is 5. The molecule has 5 nitrogen and oxygen atoms in total. The molecular formula is C20H12F3N3O2S. The lowest BCUT2D eigenvalue weighted by Crippen LogP contribution is -2.14. The zero-order chi connectivity index (χ0) is 20.4. The van der Waals surface area contributed by atoms with Crippen molar-refractivity contribution in [1.29, 1.82) is 0 Å². The van der Waals surface area contributed by atoms with E-state index in [1.54, 1.807) is 18.2 Å². The summed E-state index contributed by atoms with van der Waals surface area (Å²) in [5.74, 6) is 0.593. The van der Waals surface area contributed by atoms with Gasteiger partial charge in [0.25, 0.3) is 5.91 Å². The molecule has 0 aliphatic heterocycles. The lowest BCUT2D eigenvalue weighted by Gasteiger charge is -2.07. The Kier molecular flexibility index (Phi) is 4.89. The van der Waals surface area contributed by atoms with E-state index in [0.717, 1.165) is 10.9 Å². The van der Waals surface area contributed by atoms with Crippen LogP contribution in [0.15, 0.2) is 66.9 Å². The Morgan fingerprint density at radius 2 is 1.79 bits per heavy atom. The van der Waals surface area contributed by atoms with Crippen LogP contribution >= 0.6 is 11.3 Å². The van der Waals surface area contributed by atoms with E-state index >= 15 is 0 Å². The molecule has 4 aromatic rings. The van der Waals surface area contributed by atoms with E-state index < -0.39 is 17.8 Å². The number of ether oxygens (including phenoxy) is 1. The Morgan fingerprint density at radius 3 is 2.55 bits per heavy atom. The molecule has 29 heavy (non-hydrogen) atoms. The third-order valence-electron chi connectivity index (χ3n) is 3.87. The normalized spacial score (nSPS) is 11.4. The van der Waals surface area contributed by atoms with Gasteiger partial charge in [0.1, 0.15) is 17.2 Å². The average molecular weight is 415 g/mol. The number of pyridine rings is 1. The van der Waals surface area contributed by atoms with Crippen LogP contribution in [0, 0.1) is 0 Å². The van der Waals surface area contributed by atoms with Crippen LogP contribution in [0.5, 0.6) is 11.5 Å². The number of anilines is 1. The molecule has 4 rings (SSSR count). The Hall–Kier alpha value is -3.46. The van der Waals surface area contributed by atoms with E-state index in [-0.39, 0.29) is 10.7 Å². The summed E-state index contributed by atoms with van der Waals surface area (Å²) in [5.41, 5.74) is -0.645. The number of rotatable bonds is 4. The lowest BCUT2D eigenvalue weighted by atomic mass is 10.2. The summed E-state index contributed by atoms with van der Waals surface area (Å²) >= 11 is 1.19. The van der Waals surface area contributed by atoms with Gasteiger partial charge in [-0.2, -0.15) is 13.2 Å². The van der Waals surface area contributed by atoms with E-state index in [4.69, 9.17) is 4.74 Å². The van der Waals surface area contributed by atoms with Gasteiger partial charge in [-0.05, 0) is 36.4 Å². The van der Waals surface area contributed by atoms with Crippen LogP contribution in [0.1, 0.15) is 16.1 Å². The smallest absolute Gasteiger partial charge is 0.433 e. The van der Waals surface area contributed by atoms with E-state index in [2.05, 4.69) is 15.3 Å². The maximum Gasteiger partial charge on any atom is 0.433 e. The summed E-state index contributed by atoms with van der Waals surface area (Å²) < 4.78 is 44.9. The molecular weight excluding hydrogens is 403 g/mol. The van der Waals surface area contributed by atoms with Crippen molar-refractivity contribution in [3.8, 4) is 11.5 Å². The monoisotopic (exact) mass is 415 g/mol. The van der Waals surface area contributed by atoms with Gasteiger partial charge in [0.2, 0.25) is 0 Å². The molecule has 2 heterocycles. The number of halogens is 3. The third kappa shape index (κ3) is 4.35. The fraction of sp³-hybridized carbons (Fsp3) is 0.0500. The summed E-state index contributed by atoms with van der Waals surface area (Å²) in [6.07, 6.45) is -3.68. The average Bonchev–Trinajstić information content (AvgIpc) is 3.09. The van der Waals surface area contributed by atoms with Crippen molar-refractivity contribution < 1.29 is 22.7 Å². The maximum atomic E-state index is 12.8. The van der Waals surface area contributed by atoms with Crippen LogP contribution in [-0.2, 0) is 6.18 Å². The Morgan fingerprint density at radius 1 is 1.00 bits per heavy atom. The highest BCUT2D eigenvalue weighted by Gasteiger charge is 2.33. The number of carbonyl (C=O) groups is 1. The number of fused-ring (bicyclic) bond motifs is 1. The van der Waals surface area contributed by atoms with Crippen LogP contribution < -0.4 is 10.1 Å². The van der Waals surface area contributed by atoms with Crippen molar-refractivity contribution in [3.63, 3.8) is 0 Å².